The second-order valence-electron chi connectivity index (χ2n) is 7.78. The maximum Gasteiger partial charge on any atom is 0.407 e. The summed E-state index contributed by atoms with van der Waals surface area (Å²) in [5, 5.41) is 14.2. The Kier molecular flexibility index (Phi) is 4.53. The van der Waals surface area contributed by atoms with Gasteiger partial charge in [0.15, 0.2) is 0 Å². The Morgan fingerprint density at radius 3 is 2.56 bits per heavy atom. The van der Waals surface area contributed by atoms with Crippen molar-refractivity contribution in [1.29, 1.82) is 0 Å². The molecule has 2 bridgehead atoms. The molecule has 1 saturated heterocycles. The molecule has 1 aromatic rings. The summed E-state index contributed by atoms with van der Waals surface area (Å²) in [7, 11) is 0. The van der Waals surface area contributed by atoms with Crippen molar-refractivity contribution in [3.8, 4) is 0 Å². The fourth-order valence-electron chi connectivity index (χ4n) is 3.87. The molecule has 0 spiro atoms. The number of hydrogen-bond donors (Lipinski definition) is 1. The van der Waals surface area contributed by atoms with E-state index in [-0.39, 0.29) is 23.7 Å². The molecule has 1 aliphatic heterocycles. The summed E-state index contributed by atoms with van der Waals surface area (Å²) in [5.74, 6) is 0.401. The van der Waals surface area contributed by atoms with Crippen LogP contribution in [0.5, 0.6) is 0 Å². The van der Waals surface area contributed by atoms with E-state index in [0.29, 0.717) is 18.8 Å². The number of nitrogens with zero attached hydrogens (tertiary/aromatic N) is 3. The SMILES string of the molecule is CC(C)(C)OC(=O)NC1[C@@H]2CC[C@H]1CN(c1cccnc1[N+](=O)[O-])C2. The van der Waals surface area contributed by atoms with Crippen LogP contribution >= 0.6 is 0 Å². The third kappa shape index (κ3) is 3.83. The summed E-state index contributed by atoms with van der Waals surface area (Å²) in [4.78, 5) is 28.8. The number of rotatable bonds is 3. The lowest BCUT2D eigenvalue weighted by Gasteiger charge is -2.39. The molecule has 3 rings (SSSR count). The Hall–Kier alpha value is -2.38. The molecule has 8 heteroatoms. The summed E-state index contributed by atoms with van der Waals surface area (Å²) in [6.45, 7) is 6.86. The minimum absolute atomic E-state index is 0.0572. The number of piperidine rings is 1. The summed E-state index contributed by atoms with van der Waals surface area (Å²) < 4.78 is 5.36. The van der Waals surface area contributed by atoms with Crippen LogP contribution in [-0.4, -0.2) is 40.7 Å². The molecule has 1 unspecified atom stereocenters. The largest absolute Gasteiger partial charge is 0.444 e. The van der Waals surface area contributed by atoms with Crippen LogP contribution in [0.3, 0.4) is 0 Å². The lowest BCUT2D eigenvalue weighted by Crippen LogP contribution is -2.53. The first-order valence-electron chi connectivity index (χ1n) is 8.58. The number of carbonyl (C=O) groups excluding carboxylic acids is 1. The Morgan fingerprint density at radius 2 is 2.00 bits per heavy atom. The van der Waals surface area contributed by atoms with Gasteiger partial charge in [0.25, 0.3) is 0 Å². The smallest absolute Gasteiger partial charge is 0.407 e. The number of pyridine rings is 1. The van der Waals surface area contributed by atoms with Crippen LogP contribution in [-0.2, 0) is 4.74 Å². The van der Waals surface area contributed by atoms with Crippen LogP contribution in [0.25, 0.3) is 0 Å². The number of nitro groups is 1. The van der Waals surface area contributed by atoms with Gasteiger partial charge in [-0.1, -0.05) is 0 Å². The van der Waals surface area contributed by atoms with Gasteiger partial charge in [0.1, 0.15) is 17.5 Å². The molecule has 0 radical (unpaired) electrons. The molecule has 1 N–H and O–H groups in total. The fourth-order valence-corrected chi connectivity index (χ4v) is 3.87. The molecule has 2 aliphatic rings. The van der Waals surface area contributed by atoms with Crippen molar-refractivity contribution in [2.75, 3.05) is 18.0 Å². The molecule has 8 nitrogen and oxygen atoms in total. The van der Waals surface area contributed by atoms with Crippen LogP contribution in [0.1, 0.15) is 33.6 Å². The second kappa shape index (κ2) is 6.50. The molecule has 1 aromatic heterocycles. The third-order valence-electron chi connectivity index (χ3n) is 4.80. The van der Waals surface area contributed by atoms with Gasteiger partial charge in [-0.05, 0) is 67.5 Å². The number of carbonyl (C=O) groups is 1. The maximum atomic E-state index is 12.1. The zero-order chi connectivity index (χ0) is 18.2. The minimum Gasteiger partial charge on any atom is -0.444 e. The van der Waals surface area contributed by atoms with E-state index in [9.17, 15) is 14.9 Å². The van der Waals surface area contributed by atoms with E-state index in [2.05, 4.69) is 10.3 Å². The highest BCUT2D eigenvalue weighted by Gasteiger charge is 2.44. The van der Waals surface area contributed by atoms with Crippen LogP contribution in [0.2, 0.25) is 0 Å². The third-order valence-corrected chi connectivity index (χ3v) is 4.80. The lowest BCUT2D eigenvalue weighted by molar-refractivity contribution is -0.388. The van der Waals surface area contributed by atoms with Gasteiger partial charge in [0.2, 0.25) is 0 Å². The molecule has 2 heterocycles. The minimum atomic E-state index is -0.528. The Morgan fingerprint density at radius 1 is 1.36 bits per heavy atom. The highest BCUT2D eigenvalue weighted by atomic mass is 16.6. The van der Waals surface area contributed by atoms with E-state index in [4.69, 9.17) is 4.74 Å². The average Bonchev–Trinajstić information content (AvgIpc) is 2.75. The lowest BCUT2D eigenvalue weighted by atomic mass is 9.92. The van der Waals surface area contributed by atoms with E-state index in [1.54, 1.807) is 12.1 Å². The number of anilines is 1. The quantitative estimate of drug-likeness (QED) is 0.666. The number of amides is 1. The highest BCUT2D eigenvalue weighted by molar-refractivity contribution is 5.68. The first kappa shape index (κ1) is 17.4. The van der Waals surface area contributed by atoms with Gasteiger partial charge in [-0.15, -0.1) is 0 Å². The van der Waals surface area contributed by atoms with Crippen LogP contribution < -0.4 is 10.2 Å². The topological polar surface area (TPSA) is 97.6 Å². The van der Waals surface area contributed by atoms with E-state index >= 15 is 0 Å². The van der Waals surface area contributed by atoms with Crippen molar-refractivity contribution in [3.05, 3.63) is 28.4 Å². The van der Waals surface area contributed by atoms with E-state index in [0.717, 1.165) is 12.8 Å². The van der Waals surface area contributed by atoms with E-state index in [1.165, 1.54) is 6.20 Å². The van der Waals surface area contributed by atoms with Crippen molar-refractivity contribution >= 4 is 17.6 Å². The van der Waals surface area contributed by atoms with Gasteiger partial charge in [-0.2, -0.15) is 0 Å². The fraction of sp³-hybridized carbons (Fsp3) is 0.647. The summed E-state index contributed by atoms with van der Waals surface area (Å²) in [5.41, 5.74) is 0.0280. The molecule has 3 atom stereocenters. The predicted octanol–water partition coefficient (Wildman–Crippen LogP) is 2.73. The summed E-state index contributed by atoms with van der Waals surface area (Å²) in [6, 6.07) is 3.52. The number of fused-ring (bicyclic) bond motifs is 2. The Balaban J connectivity index is 1.71. The zero-order valence-electron chi connectivity index (χ0n) is 14.8. The van der Waals surface area contributed by atoms with Gasteiger partial charge in [0.05, 0.1) is 0 Å². The molecule has 1 saturated carbocycles. The van der Waals surface area contributed by atoms with Gasteiger partial charge in [-0.3, -0.25) is 0 Å². The molecular formula is C17H24N4O4. The molecule has 136 valence electrons. The first-order chi connectivity index (χ1) is 11.7. The van der Waals surface area contributed by atoms with Crippen molar-refractivity contribution in [2.24, 2.45) is 11.8 Å². The van der Waals surface area contributed by atoms with Crippen LogP contribution in [0.4, 0.5) is 16.3 Å². The van der Waals surface area contributed by atoms with Gasteiger partial charge in [-0.25, -0.2) is 4.79 Å². The normalized spacial score (nSPS) is 25.6. The summed E-state index contributed by atoms with van der Waals surface area (Å²) >= 11 is 0. The number of alkyl carbamates (subject to hydrolysis) is 1. The summed E-state index contributed by atoms with van der Waals surface area (Å²) in [6.07, 6.45) is 3.04. The number of ether oxygens (including phenoxy) is 1. The Bertz CT molecular complexity index is 659. The monoisotopic (exact) mass is 348 g/mol. The molecule has 0 aromatic carbocycles. The highest BCUT2D eigenvalue weighted by Crippen LogP contribution is 2.40. The number of hydrogen-bond acceptors (Lipinski definition) is 6. The van der Waals surface area contributed by atoms with Gasteiger partial charge in [0, 0.05) is 19.1 Å². The van der Waals surface area contributed by atoms with Crippen molar-refractivity contribution in [1.82, 2.24) is 10.3 Å². The average molecular weight is 348 g/mol. The van der Waals surface area contributed by atoms with Crippen molar-refractivity contribution in [2.45, 2.75) is 45.3 Å². The van der Waals surface area contributed by atoms with E-state index < -0.39 is 16.6 Å². The Labute approximate surface area is 146 Å². The molecule has 1 aliphatic carbocycles. The number of aromatic nitrogens is 1. The molecule has 1 amide bonds. The molecule has 2 fully saturated rings. The standard InChI is InChI=1S/C17H24N4O4/c1-17(2,3)25-16(22)19-14-11-6-7-12(14)10-20(9-11)13-5-4-8-18-15(13)21(23)24/h4-5,8,11-12,14H,6-7,9-10H2,1-3H3,(H,19,22)/t11-,12+,14?. The van der Waals surface area contributed by atoms with Crippen LogP contribution in [0, 0.1) is 22.0 Å². The zero-order valence-corrected chi connectivity index (χ0v) is 14.8. The van der Waals surface area contributed by atoms with Gasteiger partial charge >= 0.3 is 11.9 Å². The van der Waals surface area contributed by atoms with Crippen LogP contribution in [0.15, 0.2) is 18.3 Å². The predicted molar refractivity (Wildman–Crippen MR) is 92.5 cm³/mol. The van der Waals surface area contributed by atoms with E-state index in [1.807, 2.05) is 25.7 Å². The molecular weight excluding hydrogens is 324 g/mol. The van der Waals surface area contributed by atoms with Gasteiger partial charge < -0.3 is 25.1 Å². The first-order valence-corrected chi connectivity index (χ1v) is 8.58. The molecule has 25 heavy (non-hydrogen) atoms. The van der Waals surface area contributed by atoms with Crippen molar-refractivity contribution < 1.29 is 14.5 Å². The number of nitrogens with one attached hydrogen (secondary N) is 1. The maximum absolute atomic E-state index is 12.1. The second-order valence-corrected chi connectivity index (χ2v) is 7.78. The van der Waals surface area contributed by atoms with Crippen molar-refractivity contribution in [3.63, 3.8) is 0 Å².